The van der Waals surface area contributed by atoms with E-state index in [1.807, 2.05) is 0 Å². The highest BCUT2D eigenvalue weighted by Gasteiger charge is 2.14. The average Bonchev–Trinajstić information content (AvgIpc) is 2.49. The van der Waals surface area contributed by atoms with Gasteiger partial charge in [-0.2, -0.15) is 0 Å². The largest absolute Gasteiger partial charge is 0.462 e. The molecule has 1 saturated heterocycles. The van der Waals surface area contributed by atoms with Crippen LogP contribution in [-0.4, -0.2) is 43.0 Å². The summed E-state index contributed by atoms with van der Waals surface area (Å²) in [4.78, 5) is 25.7. The number of nitrogens with zero attached hydrogens (tertiary/aromatic N) is 1. The quantitative estimate of drug-likeness (QED) is 0.845. The van der Waals surface area contributed by atoms with E-state index in [-0.39, 0.29) is 11.9 Å². The van der Waals surface area contributed by atoms with Gasteiger partial charge >= 0.3 is 5.97 Å². The van der Waals surface area contributed by atoms with E-state index in [2.05, 4.69) is 10.2 Å². The van der Waals surface area contributed by atoms with Gasteiger partial charge in [0.25, 0.3) is 0 Å². The molecule has 1 N–H and O–H groups in total. The maximum atomic E-state index is 12.0. The number of carbonyl (C=O) groups excluding carboxylic acids is 2. The molecule has 21 heavy (non-hydrogen) atoms. The molecule has 0 atom stereocenters. The fourth-order valence-electron chi connectivity index (χ4n) is 2.43. The minimum Gasteiger partial charge on any atom is -0.462 e. The molecule has 0 aromatic heterocycles. The van der Waals surface area contributed by atoms with Crippen LogP contribution in [0.4, 0.5) is 5.69 Å². The van der Waals surface area contributed by atoms with Gasteiger partial charge in [0, 0.05) is 5.69 Å². The first-order chi connectivity index (χ1) is 10.2. The van der Waals surface area contributed by atoms with Gasteiger partial charge in [-0.25, -0.2) is 4.79 Å². The first-order valence-corrected chi connectivity index (χ1v) is 7.48. The zero-order chi connectivity index (χ0) is 15.1. The lowest BCUT2D eigenvalue weighted by molar-refractivity contribution is -0.117. The second-order valence-corrected chi connectivity index (χ2v) is 5.18. The number of amides is 1. The maximum Gasteiger partial charge on any atom is 0.338 e. The van der Waals surface area contributed by atoms with Crippen LogP contribution in [0.2, 0.25) is 0 Å². The number of benzene rings is 1. The Bertz CT molecular complexity index is 479. The third-order valence-corrected chi connectivity index (χ3v) is 3.50. The number of piperidine rings is 1. The molecule has 1 heterocycles. The molecule has 2 rings (SSSR count). The van der Waals surface area contributed by atoms with Crippen molar-refractivity contribution in [3.8, 4) is 0 Å². The van der Waals surface area contributed by atoms with Crippen LogP contribution < -0.4 is 5.32 Å². The lowest BCUT2D eigenvalue weighted by atomic mass is 10.1. The van der Waals surface area contributed by atoms with Gasteiger partial charge in [0.05, 0.1) is 18.7 Å². The summed E-state index contributed by atoms with van der Waals surface area (Å²) in [5, 5.41) is 2.85. The Morgan fingerprint density at radius 1 is 1.14 bits per heavy atom. The van der Waals surface area contributed by atoms with Crippen LogP contribution in [0.3, 0.4) is 0 Å². The molecule has 0 unspecified atom stereocenters. The standard InChI is InChI=1S/C16H22N2O3/c1-2-21-16(20)13-6-8-14(9-7-13)17-15(19)12-18-10-4-3-5-11-18/h6-9H,2-5,10-12H2,1H3,(H,17,19). The number of hydrogen-bond donors (Lipinski definition) is 1. The summed E-state index contributed by atoms with van der Waals surface area (Å²) in [6.07, 6.45) is 3.59. The van der Waals surface area contributed by atoms with Crippen LogP contribution in [0.25, 0.3) is 0 Å². The molecule has 0 bridgehead atoms. The Labute approximate surface area is 125 Å². The van der Waals surface area contributed by atoms with Gasteiger partial charge in [-0.3, -0.25) is 9.69 Å². The van der Waals surface area contributed by atoms with Crippen molar-refractivity contribution in [2.45, 2.75) is 26.2 Å². The second-order valence-electron chi connectivity index (χ2n) is 5.18. The summed E-state index contributed by atoms with van der Waals surface area (Å²) >= 11 is 0. The maximum absolute atomic E-state index is 12.0. The number of esters is 1. The average molecular weight is 290 g/mol. The van der Waals surface area contributed by atoms with E-state index < -0.39 is 0 Å². The van der Waals surface area contributed by atoms with E-state index in [9.17, 15) is 9.59 Å². The lowest BCUT2D eigenvalue weighted by Crippen LogP contribution is -2.36. The fourth-order valence-corrected chi connectivity index (χ4v) is 2.43. The number of anilines is 1. The molecule has 0 radical (unpaired) electrons. The van der Waals surface area contributed by atoms with E-state index in [0.717, 1.165) is 13.1 Å². The Balaban J connectivity index is 1.84. The summed E-state index contributed by atoms with van der Waals surface area (Å²) in [5.74, 6) is -0.357. The zero-order valence-corrected chi connectivity index (χ0v) is 12.4. The molecule has 0 saturated carbocycles. The van der Waals surface area contributed by atoms with Crippen LogP contribution in [0.1, 0.15) is 36.5 Å². The Morgan fingerprint density at radius 3 is 2.43 bits per heavy atom. The molecule has 114 valence electrons. The van der Waals surface area contributed by atoms with Gasteiger partial charge in [0.15, 0.2) is 0 Å². The topological polar surface area (TPSA) is 58.6 Å². The third kappa shape index (κ3) is 4.86. The highest BCUT2D eigenvalue weighted by atomic mass is 16.5. The number of carbonyl (C=O) groups is 2. The van der Waals surface area contributed by atoms with Crippen molar-refractivity contribution in [3.63, 3.8) is 0 Å². The van der Waals surface area contributed by atoms with Crippen molar-refractivity contribution in [3.05, 3.63) is 29.8 Å². The van der Waals surface area contributed by atoms with Crippen molar-refractivity contribution in [1.29, 1.82) is 0 Å². The molecule has 1 aromatic carbocycles. The van der Waals surface area contributed by atoms with Crippen LogP contribution >= 0.6 is 0 Å². The van der Waals surface area contributed by atoms with Crippen molar-refractivity contribution >= 4 is 17.6 Å². The van der Waals surface area contributed by atoms with Crippen LogP contribution in [-0.2, 0) is 9.53 Å². The Kier molecular flexibility index (Phi) is 5.75. The van der Waals surface area contributed by atoms with Crippen molar-refractivity contribution < 1.29 is 14.3 Å². The van der Waals surface area contributed by atoms with Gasteiger partial charge in [0.1, 0.15) is 0 Å². The number of hydrogen-bond acceptors (Lipinski definition) is 4. The molecule has 1 aliphatic rings. The smallest absolute Gasteiger partial charge is 0.338 e. The summed E-state index contributed by atoms with van der Waals surface area (Å²) in [6.45, 7) is 4.55. The Morgan fingerprint density at radius 2 is 1.81 bits per heavy atom. The molecule has 5 nitrogen and oxygen atoms in total. The molecule has 0 spiro atoms. The monoisotopic (exact) mass is 290 g/mol. The van der Waals surface area contributed by atoms with Crippen molar-refractivity contribution in [2.24, 2.45) is 0 Å². The zero-order valence-electron chi connectivity index (χ0n) is 12.4. The van der Waals surface area contributed by atoms with Crippen LogP contribution in [0, 0.1) is 0 Å². The predicted molar refractivity (Wildman–Crippen MR) is 81.3 cm³/mol. The van der Waals surface area contributed by atoms with Gasteiger partial charge in [0.2, 0.25) is 5.91 Å². The number of rotatable bonds is 5. The van der Waals surface area contributed by atoms with Gasteiger partial charge in [-0.1, -0.05) is 6.42 Å². The van der Waals surface area contributed by atoms with Crippen molar-refractivity contribution in [1.82, 2.24) is 4.90 Å². The van der Waals surface area contributed by atoms with E-state index in [1.165, 1.54) is 19.3 Å². The SMILES string of the molecule is CCOC(=O)c1ccc(NC(=O)CN2CCCCC2)cc1. The fraction of sp³-hybridized carbons (Fsp3) is 0.500. The minimum absolute atomic E-state index is 0.0132. The predicted octanol–water partition coefficient (Wildman–Crippen LogP) is 2.29. The van der Waals surface area contributed by atoms with Gasteiger partial charge in [-0.15, -0.1) is 0 Å². The minimum atomic E-state index is -0.344. The summed E-state index contributed by atoms with van der Waals surface area (Å²) in [5.41, 5.74) is 1.19. The Hall–Kier alpha value is -1.88. The summed E-state index contributed by atoms with van der Waals surface area (Å²) < 4.78 is 4.92. The first-order valence-electron chi connectivity index (χ1n) is 7.48. The first kappa shape index (κ1) is 15.5. The van der Waals surface area contributed by atoms with E-state index in [0.29, 0.717) is 24.4 Å². The lowest BCUT2D eigenvalue weighted by Gasteiger charge is -2.25. The molecule has 1 aromatic rings. The molecule has 0 aliphatic carbocycles. The van der Waals surface area contributed by atoms with Crippen molar-refractivity contribution in [2.75, 3.05) is 31.6 Å². The van der Waals surface area contributed by atoms with E-state index in [1.54, 1.807) is 31.2 Å². The third-order valence-electron chi connectivity index (χ3n) is 3.50. The van der Waals surface area contributed by atoms with E-state index in [4.69, 9.17) is 4.74 Å². The molecule has 1 aliphatic heterocycles. The molecule has 1 fully saturated rings. The van der Waals surface area contributed by atoms with Gasteiger partial charge < -0.3 is 10.1 Å². The van der Waals surface area contributed by atoms with E-state index >= 15 is 0 Å². The molecule has 1 amide bonds. The second kappa shape index (κ2) is 7.78. The molecular formula is C16H22N2O3. The number of likely N-dealkylation sites (tertiary alicyclic amines) is 1. The van der Waals surface area contributed by atoms with Gasteiger partial charge in [-0.05, 0) is 57.1 Å². The number of nitrogens with one attached hydrogen (secondary N) is 1. The highest BCUT2D eigenvalue weighted by Crippen LogP contribution is 2.12. The van der Waals surface area contributed by atoms with Crippen LogP contribution in [0.5, 0.6) is 0 Å². The highest BCUT2D eigenvalue weighted by molar-refractivity contribution is 5.94. The molecular weight excluding hydrogens is 268 g/mol. The number of ether oxygens (including phenoxy) is 1. The molecule has 5 heteroatoms. The van der Waals surface area contributed by atoms with Crippen LogP contribution in [0.15, 0.2) is 24.3 Å². The summed E-state index contributed by atoms with van der Waals surface area (Å²) in [6, 6.07) is 6.77. The summed E-state index contributed by atoms with van der Waals surface area (Å²) in [7, 11) is 0. The normalized spacial score (nSPS) is 15.5.